The second kappa shape index (κ2) is 33.3. The van der Waals surface area contributed by atoms with Gasteiger partial charge in [-0.15, -0.1) is 0 Å². The van der Waals surface area contributed by atoms with Crippen LogP contribution in [0.15, 0.2) is 11.8 Å². The zero-order valence-electron chi connectivity index (χ0n) is 70.6. The Morgan fingerprint density at radius 1 is 0.476 bits per heavy atom. The van der Waals surface area contributed by atoms with E-state index in [1.165, 1.54) is 33.8 Å². The standard InChI is InChI=1S/C85H112O39/c1-14-20-80(104)78(122-45-18-16-41(28(3)112-45)118-49-26-43(90)82(105,32(7)86)34(9)116-49)68(100)71(120-47-24-39(88)60(92)30(5)114-47)38-23-36-22-37-52(62(94)51(36)76(102)84(38,80)107)63(95)56(74(111-13)70(37)109-11)55-64(96)53-54(67(99)73(55)110-12)65(97)57-58(66(53)98)77(103)85(108)59-72(57)124-81(85,21-15-2)79(69(101)75(59)121-48-25-40(89)61(93)31(6)115-48)123-46-19-17-42(29(4)113-46)119-50-27-44(91)83(106,33(8)87)35(10)117-50/h22,28-31,34-35,38-50,59-61,68-69,71-72,75,78-79,88-95,97-98,100-101,104-108H,14-21,23-27H2,1-13H3/t28-,29-,30+,31+,34+,35+,38?,39-,40-,41+,42+,43-,44-,45+,46+,47+,48+,49+,50+,59?,60+,61+,68?,69?,71?,72?,75?,78?,79?,80?,81?,82-,83-,84?,85?/m1/s1. The minimum absolute atomic E-state index is 0.0239. The summed E-state index contributed by atoms with van der Waals surface area (Å²) in [5.74, 6) is -18.1. The summed E-state index contributed by atoms with van der Waals surface area (Å²) in [6.07, 6.45) is -41.8. The third-order valence-corrected chi connectivity index (χ3v) is 28.4. The van der Waals surface area contributed by atoms with Gasteiger partial charge < -0.3 is 163 Å². The lowest BCUT2D eigenvalue weighted by molar-refractivity contribution is -0.359. The Labute approximate surface area is 710 Å². The predicted molar refractivity (Wildman–Crippen MR) is 415 cm³/mol. The molecule has 4 bridgehead atoms. The van der Waals surface area contributed by atoms with Gasteiger partial charge in [-0.25, -0.2) is 0 Å². The summed E-state index contributed by atoms with van der Waals surface area (Å²) in [5, 5.41) is 207. The first-order chi connectivity index (χ1) is 58.4. The summed E-state index contributed by atoms with van der Waals surface area (Å²) < 4.78 is 100. The molecular weight excluding hydrogens is 1640 g/mol. The van der Waals surface area contributed by atoms with Crippen LogP contribution in [-0.4, -0.2) is 336 Å². The van der Waals surface area contributed by atoms with Gasteiger partial charge in [-0.05, 0) is 99.1 Å². The molecule has 13 unspecified atom stereocenters. The molecule has 9 fully saturated rings. The molecule has 7 aliphatic heterocycles. The normalized spacial score (nSPS) is 43.9. The van der Waals surface area contributed by atoms with Gasteiger partial charge in [0.25, 0.3) is 0 Å². The number of hydrogen-bond acceptors (Lipinski definition) is 39. The zero-order chi connectivity index (χ0) is 90.2. The number of benzene rings is 3. The Hall–Kier alpha value is -6.76. The predicted octanol–water partition coefficient (Wildman–Crippen LogP) is 0.343. The van der Waals surface area contributed by atoms with Gasteiger partial charge in [0.1, 0.15) is 70.8 Å². The van der Waals surface area contributed by atoms with Gasteiger partial charge in [0.2, 0.25) is 23.1 Å². The van der Waals surface area contributed by atoms with Crippen LogP contribution in [0.2, 0.25) is 0 Å². The Bertz CT molecular complexity index is 4690. The van der Waals surface area contributed by atoms with Crippen LogP contribution in [0.1, 0.15) is 211 Å². The molecule has 5 aliphatic carbocycles. The fourth-order valence-electron chi connectivity index (χ4n) is 21.9. The molecule has 3 aromatic rings. The molecule has 7 heterocycles. The Kier molecular flexibility index (Phi) is 24.7. The molecular formula is C85H112O39. The molecule has 0 radical (unpaired) electrons. The van der Waals surface area contributed by atoms with E-state index in [0.29, 0.717) is 0 Å². The van der Waals surface area contributed by atoms with Gasteiger partial charge in [0.05, 0.1) is 158 Å². The van der Waals surface area contributed by atoms with Crippen molar-refractivity contribution in [3.63, 3.8) is 0 Å². The Morgan fingerprint density at radius 3 is 1.42 bits per heavy atom. The number of carbonyl (C=O) groups excluding carboxylic acids is 6. The van der Waals surface area contributed by atoms with Crippen LogP contribution in [0.3, 0.4) is 0 Å². The second-order valence-corrected chi connectivity index (χ2v) is 35.3. The van der Waals surface area contributed by atoms with Crippen molar-refractivity contribution in [2.75, 3.05) is 21.3 Å². The van der Waals surface area contributed by atoms with E-state index in [2.05, 4.69) is 0 Å². The summed E-state index contributed by atoms with van der Waals surface area (Å²) in [4.78, 5) is 89.7. The molecule has 0 amide bonds. The zero-order valence-corrected chi connectivity index (χ0v) is 70.6. The molecule has 17 N–H and O–H groups in total. The van der Waals surface area contributed by atoms with Gasteiger partial charge in [0, 0.05) is 55.4 Å². The van der Waals surface area contributed by atoms with E-state index in [4.69, 9.17) is 75.8 Å². The lowest BCUT2D eigenvalue weighted by atomic mass is 9.53. The maximum Gasteiger partial charge on any atom is 0.232 e. The van der Waals surface area contributed by atoms with Gasteiger partial charge in [-0.3, -0.25) is 28.8 Å². The van der Waals surface area contributed by atoms with Crippen LogP contribution in [0, 0.1) is 11.8 Å². The molecule has 3 aromatic carbocycles. The van der Waals surface area contributed by atoms with E-state index in [1.807, 2.05) is 0 Å². The number of methoxy groups -OCH3 is 3. The Balaban J connectivity index is 0.797. The number of ketones is 6. The fourth-order valence-corrected chi connectivity index (χ4v) is 21.9. The molecule has 7 saturated heterocycles. The maximum absolute atomic E-state index is 16.4. The van der Waals surface area contributed by atoms with Gasteiger partial charge in [-0.2, -0.15) is 0 Å². The van der Waals surface area contributed by atoms with Crippen LogP contribution in [0.4, 0.5) is 0 Å². The number of Topliss-reactive ketones (excluding diaryl/α,β-unsaturated/α-hetero) is 6. The highest BCUT2D eigenvalue weighted by Gasteiger charge is 2.82. The summed E-state index contributed by atoms with van der Waals surface area (Å²) in [7, 11) is 3.04. The molecule has 39 nitrogen and oxygen atoms in total. The minimum Gasteiger partial charge on any atom is -0.507 e. The number of allylic oxidation sites excluding steroid dienone is 2. The van der Waals surface area contributed by atoms with E-state index >= 15 is 19.2 Å². The number of ether oxygens (including phenoxy) is 16. The topological polar surface area (TPSA) is 594 Å². The monoisotopic (exact) mass is 1760 g/mol. The highest BCUT2D eigenvalue weighted by molar-refractivity contribution is 6.43. The number of rotatable bonds is 22. The molecule has 35 atom stereocenters. The average Bonchev–Trinajstić information content (AvgIpc) is 1.51. The highest BCUT2D eigenvalue weighted by Crippen LogP contribution is 2.69. The van der Waals surface area contributed by atoms with Crippen LogP contribution in [0.25, 0.3) is 16.3 Å². The third-order valence-electron chi connectivity index (χ3n) is 28.4. The van der Waals surface area contributed by atoms with Crippen molar-refractivity contribution < 1.29 is 191 Å². The molecule has 0 spiro atoms. The SMILES string of the molecule is CCCC1(O)C(O[C@H]2CC[C@H](O[C@H]3C[C@@H](O)[C@@](O)(C(C)=O)[C@H](C)O3)[C@@H](C)O2)C(O)C(O[C@H]2C[C@@H](O)[C@@H](O)[C@H](C)O2)C2Cc3cc4c(OC)c(OC)c(C5=C(OC)C(=O)c6c(O)c7c(c(O)c6C5=O)C(=O)C5(O)C6C7OC5(CCC)C(O[C@H]5CC[C@H](O[C@H]7C[C@@H](O)[C@@](O)(C(C)=O)[C@H](C)O7)[C@@H](C)O5)C(O)C6O[C@H]5C[C@@H](O)[C@@H](O)[C@H](C)O5)c(O)c4c(O)c3C(=O)C21O. The summed E-state index contributed by atoms with van der Waals surface area (Å²) >= 11 is 0. The molecule has 0 aromatic heterocycles. The first kappa shape index (κ1) is 92.0. The first-order valence-electron chi connectivity index (χ1n) is 42.2. The number of phenols is 4. The van der Waals surface area contributed by atoms with Crippen molar-refractivity contribution in [3.05, 3.63) is 50.8 Å². The number of aliphatic hydroxyl groups excluding tert-OH is 8. The largest absolute Gasteiger partial charge is 0.507 e. The Morgan fingerprint density at radius 2 is 0.944 bits per heavy atom. The first-order valence-corrected chi connectivity index (χ1v) is 42.2. The van der Waals surface area contributed by atoms with Crippen molar-refractivity contribution in [2.24, 2.45) is 11.8 Å². The summed E-state index contributed by atoms with van der Waals surface area (Å²) in [5.41, 5.74) is -22.9. The number of aromatic hydroxyl groups is 4. The van der Waals surface area contributed by atoms with Crippen LogP contribution in [0.5, 0.6) is 34.5 Å². The van der Waals surface area contributed by atoms with Crippen molar-refractivity contribution >= 4 is 51.0 Å². The summed E-state index contributed by atoms with van der Waals surface area (Å²) in [6.45, 7) is 14.3. The van der Waals surface area contributed by atoms with Crippen LogP contribution >= 0.6 is 0 Å². The molecule has 15 rings (SSSR count). The van der Waals surface area contributed by atoms with Gasteiger partial charge in [0.15, 0.2) is 89.0 Å². The number of phenolic OH excluding ortho intramolecular Hbond substituents is 4. The molecule has 39 heteroatoms. The van der Waals surface area contributed by atoms with Gasteiger partial charge >= 0.3 is 0 Å². The van der Waals surface area contributed by atoms with E-state index in [-0.39, 0.29) is 68.7 Å². The number of aliphatic hydroxyl groups is 13. The highest BCUT2D eigenvalue weighted by atomic mass is 16.8. The fraction of sp³-hybridized carbons (Fsp3) is 0.718. The smallest absolute Gasteiger partial charge is 0.232 e. The quantitative estimate of drug-likeness (QED) is 0.0603. The van der Waals surface area contributed by atoms with Crippen molar-refractivity contribution in [3.8, 4) is 34.5 Å². The minimum atomic E-state index is -3.24. The van der Waals surface area contributed by atoms with Gasteiger partial charge in [-0.1, -0.05) is 26.7 Å². The maximum atomic E-state index is 16.4. The number of fused-ring (bicyclic) bond motifs is 6. The van der Waals surface area contributed by atoms with Crippen LogP contribution in [-0.2, 0) is 82.3 Å². The summed E-state index contributed by atoms with van der Waals surface area (Å²) in [6, 6.07) is 1.23. The molecule has 686 valence electrons. The van der Waals surface area contributed by atoms with E-state index in [1.54, 1.807) is 27.7 Å². The lowest BCUT2D eigenvalue weighted by Crippen LogP contribution is -2.80. The number of hydrogen-bond donors (Lipinski definition) is 17. The van der Waals surface area contributed by atoms with Crippen molar-refractivity contribution in [1.82, 2.24) is 0 Å². The number of carbonyl (C=O) groups is 6. The van der Waals surface area contributed by atoms with E-state index in [0.717, 1.165) is 35.2 Å². The average molecular weight is 1760 g/mol. The lowest BCUT2D eigenvalue weighted by Gasteiger charge is -2.60. The van der Waals surface area contributed by atoms with Crippen LogP contribution < -0.4 is 9.47 Å². The van der Waals surface area contributed by atoms with E-state index < -0.39 is 356 Å². The molecule has 12 aliphatic rings. The van der Waals surface area contributed by atoms with Crippen molar-refractivity contribution in [2.45, 2.75) is 352 Å². The molecule has 124 heavy (non-hydrogen) atoms. The third kappa shape index (κ3) is 13.6. The second-order valence-electron chi connectivity index (χ2n) is 35.3. The van der Waals surface area contributed by atoms with E-state index in [9.17, 15) is 96.4 Å². The van der Waals surface area contributed by atoms with Crippen molar-refractivity contribution in [1.29, 1.82) is 0 Å². The molecule has 2 saturated carbocycles.